The van der Waals surface area contributed by atoms with Crippen LogP contribution in [0, 0.1) is 47.3 Å². The third kappa shape index (κ3) is 23.6. The predicted octanol–water partition coefficient (Wildman–Crippen LogP) is 11.5. The predicted molar refractivity (Wildman–Crippen MR) is 192 cm³/mol. The van der Waals surface area contributed by atoms with Crippen molar-refractivity contribution >= 4 is 11.6 Å². The Balaban J connectivity index is 0. The molecule has 0 spiro atoms. The van der Waals surface area contributed by atoms with Gasteiger partial charge >= 0.3 is 0 Å². The van der Waals surface area contributed by atoms with Gasteiger partial charge in [-0.15, -0.1) is 0 Å². The van der Waals surface area contributed by atoms with Gasteiger partial charge in [-0.1, -0.05) is 127 Å². The zero-order valence-electron chi connectivity index (χ0n) is 31.9. The number of ketones is 2. The molecule has 6 atom stereocenters. The van der Waals surface area contributed by atoms with Gasteiger partial charge in [0, 0.05) is 25.0 Å². The Bertz CT molecular complexity index is 638. The molecule has 0 bridgehead atoms. The summed E-state index contributed by atoms with van der Waals surface area (Å²) in [6, 6.07) is 0. The van der Waals surface area contributed by atoms with Crippen molar-refractivity contribution in [2.45, 2.75) is 186 Å². The maximum absolute atomic E-state index is 10.7. The quantitative estimate of drug-likeness (QED) is 0.185. The second-order valence-corrected chi connectivity index (χ2v) is 15.0. The first-order valence-electron chi connectivity index (χ1n) is 19.0. The van der Waals surface area contributed by atoms with Crippen LogP contribution < -0.4 is 0 Å². The summed E-state index contributed by atoms with van der Waals surface area (Å²) >= 11 is 0. The van der Waals surface area contributed by atoms with E-state index in [2.05, 4.69) is 69.2 Å². The van der Waals surface area contributed by atoms with Gasteiger partial charge in [-0.3, -0.25) is 9.59 Å². The maximum atomic E-state index is 10.7. The first-order chi connectivity index (χ1) is 20.7. The van der Waals surface area contributed by atoms with Crippen LogP contribution in [-0.4, -0.2) is 36.0 Å². The molecule has 1 saturated carbocycles. The molecule has 0 radical (unpaired) electrons. The topological polar surface area (TPSA) is 63.6 Å². The van der Waals surface area contributed by atoms with Crippen LogP contribution in [-0.2, 0) is 14.3 Å². The number of hydrogen-bond acceptors (Lipinski definition) is 4. The molecular weight excluding hydrogens is 544 g/mol. The van der Waals surface area contributed by atoms with Gasteiger partial charge in [-0.2, -0.15) is 0 Å². The van der Waals surface area contributed by atoms with Crippen LogP contribution >= 0.6 is 0 Å². The van der Waals surface area contributed by atoms with E-state index in [1.807, 2.05) is 0 Å². The average molecular weight is 625 g/mol. The van der Waals surface area contributed by atoms with Gasteiger partial charge in [0.05, 0.1) is 6.10 Å². The number of rotatable bonds is 16. The number of aliphatic hydroxyl groups is 1. The van der Waals surface area contributed by atoms with E-state index in [9.17, 15) is 9.59 Å². The van der Waals surface area contributed by atoms with Crippen molar-refractivity contribution in [2.24, 2.45) is 47.3 Å². The van der Waals surface area contributed by atoms with Gasteiger partial charge < -0.3 is 9.84 Å². The molecule has 4 nitrogen and oxygen atoms in total. The van der Waals surface area contributed by atoms with Gasteiger partial charge in [0.15, 0.2) is 0 Å². The third-order valence-corrected chi connectivity index (χ3v) is 10.5. The highest BCUT2D eigenvalue weighted by atomic mass is 16.5. The van der Waals surface area contributed by atoms with Crippen molar-refractivity contribution < 1.29 is 19.4 Å². The van der Waals surface area contributed by atoms with Crippen LogP contribution in [0.1, 0.15) is 179 Å². The first-order valence-corrected chi connectivity index (χ1v) is 19.0. The number of carbonyl (C=O) groups is 2. The fraction of sp³-hybridized carbons (Fsp3) is 0.950. The molecule has 44 heavy (non-hydrogen) atoms. The number of Topliss-reactive ketones (excluding diaryl/α,β-unsaturated/α-hetero) is 2. The number of carbonyl (C=O) groups excluding carboxylic acids is 2. The van der Waals surface area contributed by atoms with Crippen molar-refractivity contribution in [2.75, 3.05) is 13.2 Å². The summed E-state index contributed by atoms with van der Waals surface area (Å²) in [5, 5.41) is 9.14. The zero-order chi connectivity index (χ0) is 34.1. The zero-order valence-corrected chi connectivity index (χ0v) is 31.9. The number of hydrogen-bond donors (Lipinski definition) is 1. The van der Waals surface area contributed by atoms with Crippen LogP contribution in [0.3, 0.4) is 0 Å². The normalized spacial score (nSPS) is 21.2. The lowest BCUT2D eigenvalue weighted by Crippen LogP contribution is -2.21. The molecule has 2 rings (SSSR count). The largest absolute Gasteiger partial charge is 0.392 e. The Labute approximate surface area is 276 Å². The first kappa shape index (κ1) is 45.4. The van der Waals surface area contributed by atoms with E-state index in [1.165, 1.54) is 64.2 Å². The van der Waals surface area contributed by atoms with Crippen LogP contribution in [0.25, 0.3) is 0 Å². The van der Waals surface area contributed by atoms with Gasteiger partial charge in [-0.25, -0.2) is 0 Å². The SMILES string of the molecule is CC(=O)C1CCCC1O.CC(=O)C1CCOCC1.CCCC(CCC(C)CC)C(C)C.CCCC(CCC(C)CC)C(C)C. The molecule has 6 unspecified atom stereocenters. The van der Waals surface area contributed by atoms with Crippen molar-refractivity contribution in [1.29, 1.82) is 0 Å². The molecule has 1 N–H and O–H groups in total. The Morgan fingerprint density at radius 3 is 1.30 bits per heavy atom. The monoisotopic (exact) mass is 625 g/mol. The van der Waals surface area contributed by atoms with E-state index in [0.717, 1.165) is 80.8 Å². The second kappa shape index (κ2) is 28.5. The maximum Gasteiger partial charge on any atom is 0.135 e. The van der Waals surface area contributed by atoms with Crippen molar-refractivity contribution in [3.63, 3.8) is 0 Å². The van der Waals surface area contributed by atoms with E-state index in [-0.39, 0.29) is 17.8 Å². The van der Waals surface area contributed by atoms with Gasteiger partial charge in [0.2, 0.25) is 0 Å². The fourth-order valence-electron chi connectivity index (χ4n) is 6.29. The molecule has 1 aliphatic carbocycles. The summed E-state index contributed by atoms with van der Waals surface area (Å²) < 4.78 is 5.10. The van der Waals surface area contributed by atoms with Crippen LogP contribution in [0.2, 0.25) is 0 Å². The Morgan fingerprint density at radius 2 is 1.07 bits per heavy atom. The minimum Gasteiger partial charge on any atom is -0.392 e. The lowest BCUT2D eigenvalue weighted by Gasteiger charge is -2.21. The Morgan fingerprint density at radius 1 is 0.636 bits per heavy atom. The fourth-order valence-corrected chi connectivity index (χ4v) is 6.29. The van der Waals surface area contributed by atoms with E-state index < -0.39 is 0 Å². The molecule has 0 aromatic carbocycles. The van der Waals surface area contributed by atoms with E-state index in [4.69, 9.17) is 9.84 Å². The smallest absolute Gasteiger partial charge is 0.135 e. The van der Waals surface area contributed by atoms with Gasteiger partial charge in [0.25, 0.3) is 0 Å². The molecule has 0 aromatic heterocycles. The molecule has 264 valence electrons. The van der Waals surface area contributed by atoms with E-state index in [1.54, 1.807) is 13.8 Å². The lowest BCUT2D eigenvalue weighted by molar-refractivity contribution is -0.124. The summed E-state index contributed by atoms with van der Waals surface area (Å²) in [4.78, 5) is 21.4. The summed E-state index contributed by atoms with van der Waals surface area (Å²) in [6.07, 6.45) is 18.2. The molecular formula is C40H80O4. The Kier molecular flexibility index (Phi) is 29.4. The minimum absolute atomic E-state index is 0.0509. The van der Waals surface area contributed by atoms with Gasteiger partial charge in [0.1, 0.15) is 11.6 Å². The molecule has 1 aliphatic heterocycles. The van der Waals surface area contributed by atoms with Gasteiger partial charge in [-0.05, 0) is 87.9 Å². The number of aliphatic hydroxyl groups excluding tert-OH is 1. The molecule has 2 fully saturated rings. The molecule has 4 heteroatoms. The Hall–Kier alpha value is -0.740. The molecule has 0 aromatic rings. The summed E-state index contributed by atoms with van der Waals surface area (Å²) in [6.45, 7) is 28.2. The standard InChI is InChI=1S/2C13H28.2C7H12O2/c2*1-6-8-13(11(3)4)10-9-12(5)7-2;1-6(8)7-2-4-9-5-3-7;1-5(8)6-3-2-4-7(6)9/h2*11-13H,6-10H2,1-5H3;7H,2-5H2,1H3;6-7,9H,2-4H2,1H3. The molecule has 2 aliphatic rings. The van der Waals surface area contributed by atoms with E-state index in [0.29, 0.717) is 11.7 Å². The third-order valence-electron chi connectivity index (χ3n) is 10.5. The lowest BCUT2D eigenvalue weighted by atomic mass is 9.85. The molecule has 1 saturated heterocycles. The highest BCUT2D eigenvalue weighted by Gasteiger charge is 2.28. The molecule has 1 heterocycles. The second-order valence-electron chi connectivity index (χ2n) is 15.0. The van der Waals surface area contributed by atoms with E-state index >= 15 is 0 Å². The van der Waals surface area contributed by atoms with Crippen LogP contribution in [0.5, 0.6) is 0 Å². The summed E-state index contributed by atoms with van der Waals surface area (Å²) in [5.41, 5.74) is 0. The average Bonchev–Trinajstić information content (AvgIpc) is 3.44. The van der Waals surface area contributed by atoms with Crippen molar-refractivity contribution in [3.8, 4) is 0 Å². The van der Waals surface area contributed by atoms with Crippen LogP contribution in [0.4, 0.5) is 0 Å². The highest BCUT2D eigenvalue weighted by molar-refractivity contribution is 5.79. The summed E-state index contributed by atoms with van der Waals surface area (Å²) in [5.74, 6) is 6.25. The minimum atomic E-state index is -0.345. The number of ether oxygens (including phenoxy) is 1. The summed E-state index contributed by atoms with van der Waals surface area (Å²) in [7, 11) is 0. The van der Waals surface area contributed by atoms with Crippen molar-refractivity contribution in [1.82, 2.24) is 0 Å². The van der Waals surface area contributed by atoms with Crippen LogP contribution in [0.15, 0.2) is 0 Å². The molecule has 0 amide bonds. The van der Waals surface area contributed by atoms with Crippen molar-refractivity contribution in [3.05, 3.63) is 0 Å². The highest BCUT2D eigenvalue weighted by Crippen LogP contribution is 2.27.